The van der Waals surface area contributed by atoms with Crippen LogP contribution in [0.4, 0.5) is 8.78 Å². The van der Waals surface area contributed by atoms with Crippen LogP contribution in [0.1, 0.15) is 23.5 Å². The van der Waals surface area contributed by atoms with Crippen molar-refractivity contribution in [3.8, 4) is 22.8 Å². The molecule has 6 nitrogen and oxygen atoms in total. The van der Waals surface area contributed by atoms with Crippen molar-refractivity contribution in [2.45, 2.75) is 19.6 Å². The van der Waals surface area contributed by atoms with Crippen molar-refractivity contribution in [2.75, 3.05) is 7.11 Å². The van der Waals surface area contributed by atoms with Gasteiger partial charge in [0.05, 0.1) is 18.8 Å². The van der Waals surface area contributed by atoms with Crippen LogP contribution in [-0.4, -0.2) is 29.6 Å². The number of pyridine rings is 1. The van der Waals surface area contributed by atoms with E-state index in [-0.39, 0.29) is 17.5 Å². The van der Waals surface area contributed by atoms with E-state index < -0.39 is 12.5 Å². The van der Waals surface area contributed by atoms with Crippen LogP contribution in [0.15, 0.2) is 54.2 Å². The van der Waals surface area contributed by atoms with Gasteiger partial charge in [-0.1, -0.05) is 12.1 Å². The lowest BCUT2D eigenvalue weighted by molar-refractivity contribution is -0.117. The van der Waals surface area contributed by atoms with Gasteiger partial charge in [0.25, 0.3) is 0 Å². The average Bonchev–Trinajstić information content (AvgIpc) is 3.23. The Morgan fingerprint density at radius 3 is 2.70 bits per heavy atom. The van der Waals surface area contributed by atoms with Gasteiger partial charge in [-0.3, -0.25) is 9.78 Å². The number of thiazole rings is 1. The van der Waals surface area contributed by atoms with Gasteiger partial charge < -0.3 is 14.8 Å². The molecule has 0 saturated heterocycles. The number of aromatic nitrogens is 2. The molecule has 1 atom stereocenters. The zero-order valence-electron chi connectivity index (χ0n) is 16.2. The molecular formula is C21H19F2N3O3S. The number of alkyl halides is 2. The second-order valence-corrected chi connectivity index (χ2v) is 7.02. The van der Waals surface area contributed by atoms with Crippen molar-refractivity contribution in [3.05, 3.63) is 64.8 Å². The summed E-state index contributed by atoms with van der Waals surface area (Å²) < 4.78 is 35.0. The van der Waals surface area contributed by atoms with Crippen LogP contribution < -0.4 is 14.8 Å². The monoisotopic (exact) mass is 431 g/mol. The van der Waals surface area contributed by atoms with Gasteiger partial charge in [0, 0.05) is 35.0 Å². The van der Waals surface area contributed by atoms with Crippen molar-refractivity contribution >= 4 is 23.3 Å². The van der Waals surface area contributed by atoms with Gasteiger partial charge in [-0.25, -0.2) is 4.98 Å². The summed E-state index contributed by atoms with van der Waals surface area (Å²) in [5.41, 5.74) is 2.04. The molecule has 2 heterocycles. The molecule has 0 aliphatic carbocycles. The summed E-state index contributed by atoms with van der Waals surface area (Å²) in [7, 11) is 1.35. The third kappa shape index (κ3) is 5.38. The summed E-state index contributed by atoms with van der Waals surface area (Å²) in [5, 5.41) is 5.46. The molecule has 1 amide bonds. The number of hydrogen-bond donors (Lipinski definition) is 1. The van der Waals surface area contributed by atoms with E-state index in [1.807, 2.05) is 24.4 Å². The quantitative estimate of drug-likeness (QED) is 0.523. The summed E-state index contributed by atoms with van der Waals surface area (Å²) in [6.07, 6.45) is 6.03. The molecule has 156 valence electrons. The first kappa shape index (κ1) is 21.4. The van der Waals surface area contributed by atoms with Gasteiger partial charge in [0.2, 0.25) is 5.91 Å². The maximum Gasteiger partial charge on any atom is 0.387 e. The number of carbonyl (C=O) groups excluding carboxylic acids is 1. The van der Waals surface area contributed by atoms with E-state index in [1.54, 1.807) is 24.5 Å². The Morgan fingerprint density at radius 1 is 1.23 bits per heavy atom. The maximum absolute atomic E-state index is 12.7. The largest absolute Gasteiger partial charge is 0.493 e. The number of amides is 1. The summed E-state index contributed by atoms with van der Waals surface area (Å²) in [5.74, 6) is -0.374. The fraction of sp³-hybridized carbons (Fsp3) is 0.190. The molecule has 0 fully saturated rings. The average molecular weight is 431 g/mol. The number of hydrogen-bond acceptors (Lipinski definition) is 6. The summed E-state index contributed by atoms with van der Waals surface area (Å²) in [4.78, 5) is 20.9. The van der Waals surface area contributed by atoms with Gasteiger partial charge >= 0.3 is 6.61 Å². The molecule has 0 aliphatic heterocycles. The van der Waals surface area contributed by atoms with Crippen molar-refractivity contribution in [2.24, 2.45) is 0 Å². The molecule has 30 heavy (non-hydrogen) atoms. The zero-order chi connectivity index (χ0) is 21.5. The smallest absolute Gasteiger partial charge is 0.387 e. The number of benzene rings is 1. The highest BCUT2D eigenvalue weighted by atomic mass is 32.1. The Kier molecular flexibility index (Phi) is 7.08. The molecule has 2 aromatic heterocycles. The Morgan fingerprint density at radius 2 is 2.00 bits per heavy atom. The number of rotatable bonds is 8. The molecule has 1 unspecified atom stereocenters. The predicted molar refractivity (Wildman–Crippen MR) is 111 cm³/mol. The molecule has 1 aromatic carbocycles. The van der Waals surface area contributed by atoms with Gasteiger partial charge in [-0.05, 0) is 31.2 Å². The van der Waals surface area contributed by atoms with Crippen LogP contribution in [0.5, 0.6) is 11.5 Å². The normalized spacial score (nSPS) is 12.2. The minimum Gasteiger partial charge on any atom is -0.493 e. The number of nitrogens with zero attached hydrogens (tertiary/aromatic N) is 2. The zero-order valence-corrected chi connectivity index (χ0v) is 17.0. The van der Waals surface area contributed by atoms with Gasteiger partial charge in [-0.15, -0.1) is 11.3 Å². The van der Waals surface area contributed by atoms with Gasteiger partial charge in [0.1, 0.15) is 5.01 Å². The highest BCUT2D eigenvalue weighted by molar-refractivity contribution is 7.10. The Hall–Kier alpha value is -3.33. The third-order valence-electron chi connectivity index (χ3n) is 4.08. The highest BCUT2D eigenvalue weighted by Gasteiger charge is 2.15. The van der Waals surface area contributed by atoms with Crippen molar-refractivity contribution < 1.29 is 23.0 Å². The number of ether oxygens (including phenoxy) is 2. The fourth-order valence-electron chi connectivity index (χ4n) is 2.67. The molecule has 3 rings (SSSR count). The predicted octanol–water partition coefficient (Wildman–Crippen LogP) is 4.71. The molecule has 0 bridgehead atoms. The van der Waals surface area contributed by atoms with Crippen molar-refractivity contribution in [1.29, 1.82) is 0 Å². The fourth-order valence-corrected chi connectivity index (χ4v) is 3.51. The van der Waals surface area contributed by atoms with E-state index in [0.717, 1.165) is 16.3 Å². The van der Waals surface area contributed by atoms with Crippen molar-refractivity contribution in [3.63, 3.8) is 0 Å². The van der Waals surface area contributed by atoms with E-state index in [2.05, 4.69) is 20.0 Å². The first-order valence-corrected chi connectivity index (χ1v) is 9.82. The number of methoxy groups -OCH3 is 1. The molecule has 1 N–H and O–H groups in total. The van der Waals surface area contributed by atoms with Crippen LogP contribution >= 0.6 is 11.3 Å². The molecule has 0 saturated carbocycles. The second kappa shape index (κ2) is 9.93. The minimum absolute atomic E-state index is 0.131. The number of nitrogens with one attached hydrogen (secondary N) is 1. The topological polar surface area (TPSA) is 73.3 Å². The number of para-hydroxylation sites is 1. The lowest BCUT2D eigenvalue weighted by atomic mass is 10.1. The molecule has 0 spiro atoms. The Labute approximate surface area is 176 Å². The van der Waals surface area contributed by atoms with Crippen LogP contribution in [0.25, 0.3) is 17.3 Å². The number of carbonyl (C=O) groups is 1. The van der Waals surface area contributed by atoms with E-state index in [0.29, 0.717) is 5.56 Å². The third-order valence-corrected chi connectivity index (χ3v) is 5.11. The van der Waals surface area contributed by atoms with Crippen molar-refractivity contribution in [1.82, 2.24) is 15.3 Å². The van der Waals surface area contributed by atoms with Crippen LogP contribution in [0, 0.1) is 0 Å². The van der Waals surface area contributed by atoms with Gasteiger partial charge in [0.15, 0.2) is 11.5 Å². The molecule has 0 aliphatic rings. The molecule has 3 aromatic rings. The van der Waals surface area contributed by atoms with E-state index in [9.17, 15) is 13.6 Å². The summed E-state index contributed by atoms with van der Waals surface area (Å²) >= 11 is 1.43. The van der Waals surface area contributed by atoms with Gasteiger partial charge in [-0.2, -0.15) is 8.78 Å². The minimum atomic E-state index is -3.01. The highest BCUT2D eigenvalue weighted by Crippen LogP contribution is 2.33. The standard InChI is InChI=1S/C21H19F2N3O3S/c1-13(20-26-16(12-30-20)14-8-10-24-11-9-14)25-18(27)7-6-15-4-3-5-17(28-2)19(15)29-21(22)23/h3-13,21H,1-2H3,(H,25,27). The Balaban J connectivity index is 1.69. The maximum atomic E-state index is 12.7. The SMILES string of the molecule is COc1cccc(C=CC(=O)NC(C)c2nc(-c3ccncc3)cs2)c1OC(F)F. The summed E-state index contributed by atoms with van der Waals surface area (Å²) in [6.45, 7) is -1.19. The Bertz CT molecular complexity index is 1030. The molecule has 9 heteroatoms. The lowest BCUT2D eigenvalue weighted by Gasteiger charge is -2.12. The lowest BCUT2D eigenvalue weighted by Crippen LogP contribution is -2.24. The van der Waals surface area contributed by atoms with E-state index in [1.165, 1.54) is 36.7 Å². The van der Waals surface area contributed by atoms with E-state index in [4.69, 9.17) is 4.74 Å². The van der Waals surface area contributed by atoms with Crippen LogP contribution in [0.3, 0.4) is 0 Å². The first-order valence-electron chi connectivity index (χ1n) is 8.94. The van der Waals surface area contributed by atoms with Crippen LogP contribution in [-0.2, 0) is 4.79 Å². The summed E-state index contributed by atoms with van der Waals surface area (Å²) in [6, 6.07) is 8.06. The first-order chi connectivity index (χ1) is 14.5. The second-order valence-electron chi connectivity index (χ2n) is 6.13. The number of halogens is 2. The van der Waals surface area contributed by atoms with Crippen LogP contribution in [0.2, 0.25) is 0 Å². The molecule has 0 radical (unpaired) electrons. The van der Waals surface area contributed by atoms with E-state index >= 15 is 0 Å². The molecular weight excluding hydrogens is 412 g/mol.